The monoisotopic (exact) mass is 258 g/mol. The average Bonchev–Trinajstić information content (AvgIpc) is 2.36. The minimum absolute atomic E-state index is 0.138. The van der Waals surface area contributed by atoms with Crippen molar-refractivity contribution in [1.29, 1.82) is 0 Å². The summed E-state index contributed by atoms with van der Waals surface area (Å²) in [7, 11) is 0. The zero-order chi connectivity index (χ0) is 13.5. The second kappa shape index (κ2) is 4.55. The van der Waals surface area contributed by atoms with Gasteiger partial charge >= 0.3 is 0 Å². The van der Waals surface area contributed by atoms with Crippen LogP contribution in [0.15, 0.2) is 18.2 Å². The van der Waals surface area contributed by atoms with Gasteiger partial charge in [0.25, 0.3) is 5.91 Å². The summed E-state index contributed by atoms with van der Waals surface area (Å²) in [5.41, 5.74) is 8.91. The smallest absolute Gasteiger partial charge is 0.256 e. The molecule has 19 heavy (non-hydrogen) atoms. The van der Waals surface area contributed by atoms with Gasteiger partial charge in [-0.1, -0.05) is 31.9 Å². The highest BCUT2D eigenvalue weighted by Crippen LogP contribution is 2.49. The lowest BCUT2D eigenvalue weighted by Crippen LogP contribution is -2.53. The molecule has 2 aliphatic rings. The Hall–Kier alpha value is -1.51. The highest BCUT2D eigenvalue weighted by molar-refractivity contribution is 6.02. The van der Waals surface area contributed by atoms with E-state index < -0.39 is 0 Å². The molecule has 0 radical (unpaired) electrons. The molecular weight excluding hydrogens is 236 g/mol. The minimum atomic E-state index is 0.138. The maximum absolute atomic E-state index is 12.6. The summed E-state index contributed by atoms with van der Waals surface area (Å²) in [5, 5.41) is 0. The van der Waals surface area contributed by atoms with Gasteiger partial charge in [-0.05, 0) is 30.9 Å². The Morgan fingerprint density at radius 2 is 2.16 bits per heavy atom. The van der Waals surface area contributed by atoms with Crippen LogP contribution < -0.4 is 5.73 Å². The van der Waals surface area contributed by atoms with Gasteiger partial charge in [-0.3, -0.25) is 4.79 Å². The molecule has 1 saturated carbocycles. The van der Waals surface area contributed by atoms with Crippen molar-refractivity contribution in [2.75, 3.05) is 18.8 Å². The summed E-state index contributed by atoms with van der Waals surface area (Å²) in [6.07, 6.45) is 5.85. The summed E-state index contributed by atoms with van der Waals surface area (Å²) in [4.78, 5) is 14.6. The van der Waals surface area contributed by atoms with Crippen LogP contribution in [0.25, 0.3) is 0 Å². The van der Waals surface area contributed by atoms with E-state index >= 15 is 0 Å². The number of rotatable bonds is 3. The van der Waals surface area contributed by atoms with Crippen LogP contribution in [0.5, 0.6) is 0 Å². The SMILES string of the molecule is CCCCN1CC2(CCC2)c2cccc(N)c2C1=O. The van der Waals surface area contributed by atoms with Gasteiger partial charge in [-0.25, -0.2) is 0 Å². The molecule has 102 valence electrons. The van der Waals surface area contributed by atoms with Crippen LogP contribution in [0.2, 0.25) is 0 Å². The standard InChI is InChI=1S/C16H22N2O/c1-2-3-10-18-11-16(8-5-9-16)12-6-4-7-13(17)14(12)15(18)19/h4,6-7H,2-3,5,8-11,17H2,1H3. The second-order valence-electron chi connectivity index (χ2n) is 5.98. The molecule has 1 aliphatic carbocycles. The van der Waals surface area contributed by atoms with E-state index in [1.807, 2.05) is 17.0 Å². The minimum Gasteiger partial charge on any atom is -0.398 e. The van der Waals surface area contributed by atoms with Gasteiger partial charge in [0.1, 0.15) is 0 Å². The van der Waals surface area contributed by atoms with E-state index in [1.165, 1.54) is 24.8 Å². The Kier molecular flexibility index (Phi) is 3.00. The summed E-state index contributed by atoms with van der Waals surface area (Å²) in [6.45, 7) is 3.92. The van der Waals surface area contributed by atoms with Crippen molar-refractivity contribution in [2.45, 2.75) is 44.4 Å². The highest BCUT2D eigenvalue weighted by atomic mass is 16.2. The summed E-state index contributed by atoms with van der Waals surface area (Å²) in [6, 6.07) is 5.95. The molecule has 1 aliphatic heterocycles. The molecule has 1 aromatic rings. The fourth-order valence-corrected chi connectivity index (χ4v) is 3.49. The van der Waals surface area contributed by atoms with E-state index in [0.717, 1.165) is 31.5 Å². The van der Waals surface area contributed by atoms with Crippen LogP contribution in [0.1, 0.15) is 54.9 Å². The second-order valence-corrected chi connectivity index (χ2v) is 5.98. The van der Waals surface area contributed by atoms with Crippen molar-refractivity contribution in [3.63, 3.8) is 0 Å². The van der Waals surface area contributed by atoms with Crippen LogP contribution >= 0.6 is 0 Å². The van der Waals surface area contributed by atoms with E-state index in [-0.39, 0.29) is 11.3 Å². The number of nitrogens with two attached hydrogens (primary N) is 1. The zero-order valence-corrected chi connectivity index (χ0v) is 11.6. The van der Waals surface area contributed by atoms with E-state index in [2.05, 4.69) is 13.0 Å². The van der Waals surface area contributed by atoms with Gasteiger partial charge < -0.3 is 10.6 Å². The first-order valence-electron chi connectivity index (χ1n) is 7.36. The Bertz CT molecular complexity index is 505. The van der Waals surface area contributed by atoms with Gasteiger partial charge in [-0.15, -0.1) is 0 Å². The Labute approximate surface area is 114 Å². The molecule has 1 fully saturated rings. The van der Waals surface area contributed by atoms with Gasteiger partial charge in [-0.2, -0.15) is 0 Å². The lowest BCUT2D eigenvalue weighted by molar-refractivity contribution is 0.0588. The maximum Gasteiger partial charge on any atom is 0.256 e. The molecule has 3 rings (SSSR count). The zero-order valence-electron chi connectivity index (χ0n) is 11.6. The van der Waals surface area contributed by atoms with Gasteiger partial charge in [0.15, 0.2) is 0 Å². The van der Waals surface area contributed by atoms with Crippen LogP contribution in [0.4, 0.5) is 5.69 Å². The van der Waals surface area contributed by atoms with E-state index in [0.29, 0.717) is 5.69 Å². The van der Waals surface area contributed by atoms with Gasteiger partial charge in [0.2, 0.25) is 0 Å². The van der Waals surface area contributed by atoms with E-state index in [4.69, 9.17) is 5.73 Å². The molecule has 0 saturated heterocycles. The molecule has 1 aromatic carbocycles. The van der Waals surface area contributed by atoms with Crippen LogP contribution in [0.3, 0.4) is 0 Å². The molecule has 1 heterocycles. The number of carbonyl (C=O) groups excluding carboxylic acids is 1. The van der Waals surface area contributed by atoms with Crippen molar-refractivity contribution in [1.82, 2.24) is 4.90 Å². The summed E-state index contributed by atoms with van der Waals surface area (Å²) < 4.78 is 0. The number of anilines is 1. The number of unbranched alkanes of at least 4 members (excludes halogenated alkanes) is 1. The van der Waals surface area contributed by atoms with Crippen molar-refractivity contribution >= 4 is 11.6 Å². The fourth-order valence-electron chi connectivity index (χ4n) is 3.49. The average molecular weight is 258 g/mol. The first-order valence-corrected chi connectivity index (χ1v) is 7.36. The van der Waals surface area contributed by atoms with Crippen LogP contribution in [0, 0.1) is 0 Å². The Morgan fingerprint density at radius 3 is 2.79 bits per heavy atom. The first kappa shape index (κ1) is 12.5. The molecule has 3 heteroatoms. The number of fused-ring (bicyclic) bond motifs is 2. The third-order valence-electron chi connectivity index (χ3n) is 4.75. The predicted octanol–water partition coefficient (Wildman–Crippen LogP) is 2.95. The number of hydrogen-bond acceptors (Lipinski definition) is 2. The maximum atomic E-state index is 12.6. The third kappa shape index (κ3) is 1.83. The topological polar surface area (TPSA) is 46.3 Å². The van der Waals surface area contributed by atoms with Crippen molar-refractivity contribution in [3.8, 4) is 0 Å². The number of amides is 1. The fraction of sp³-hybridized carbons (Fsp3) is 0.562. The number of nitrogen functional groups attached to an aromatic ring is 1. The molecule has 0 aromatic heterocycles. The molecule has 0 atom stereocenters. The summed E-state index contributed by atoms with van der Waals surface area (Å²) >= 11 is 0. The third-order valence-corrected chi connectivity index (χ3v) is 4.75. The molecule has 1 amide bonds. The number of carbonyl (C=O) groups is 1. The first-order chi connectivity index (χ1) is 9.18. The molecule has 0 unspecified atom stereocenters. The number of nitrogens with zero attached hydrogens (tertiary/aromatic N) is 1. The Balaban J connectivity index is 2.02. The molecular formula is C16H22N2O. The normalized spacial score (nSPS) is 20.3. The van der Waals surface area contributed by atoms with Gasteiger partial charge in [0.05, 0.1) is 5.56 Å². The van der Waals surface area contributed by atoms with Crippen molar-refractivity contribution in [2.24, 2.45) is 0 Å². The summed E-state index contributed by atoms with van der Waals surface area (Å²) in [5.74, 6) is 0.138. The van der Waals surface area contributed by atoms with E-state index in [1.54, 1.807) is 0 Å². The number of hydrogen-bond donors (Lipinski definition) is 1. The molecule has 3 nitrogen and oxygen atoms in total. The lowest BCUT2D eigenvalue weighted by atomic mass is 9.61. The molecule has 0 bridgehead atoms. The number of benzene rings is 1. The Morgan fingerprint density at radius 1 is 1.37 bits per heavy atom. The molecule has 1 spiro atoms. The lowest BCUT2D eigenvalue weighted by Gasteiger charge is -2.50. The van der Waals surface area contributed by atoms with Gasteiger partial charge in [0, 0.05) is 24.2 Å². The molecule has 2 N–H and O–H groups in total. The van der Waals surface area contributed by atoms with Crippen LogP contribution in [-0.2, 0) is 5.41 Å². The van der Waals surface area contributed by atoms with Crippen LogP contribution in [-0.4, -0.2) is 23.9 Å². The highest BCUT2D eigenvalue weighted by Gasteiger charge is 2.47. The van der Waals surface area contributed by atoms with Crippen molar-refractivity contribution < 1.29 is 4.79 Å². The largest absolute Gasteiger partial charge is 0.398 e. The van der Waals surface area contributed by atoms with E-state index in [9.17, 15) is 4.79 Å². The quantitative estimate of drug-likeness (QED) is 0.847. The predicted molar refractivity (Wildman–Crippen MR) is 77.2 cm³/mol. The van der Waals surface area contributed by atoms with Crippen molar-refractivity contribution in [3.05, 3.63) is 29.3 Å².